The summed E-state index contributed by atoms with van der Waals surface area (Å²) in [7, 11) is 2.25. The zero-order chi connectivity index (χ0) is 17.5. The molecular weight excluding hydrogens is 288 g/mol. The van der Waals surface area contributed by atoms with Crippen LogP contribution in [0.15, 0.2) is 5.38 Å². The van der Waals surface area contributed by atoms with E-state index in [1.54, 1.807) is 0 Å². The summed E-state index contributed by atoms with van der Waals surface area (Å²) in [5.74, 6) is 0.768. The van der Waals surface area contributed by atoms with Crippen LogP contribution in [-0.2, 0) is 11.8 Å². The maximum atomic E-state index is 4.83. The molecule has 22 heavy (non-hydrogen) atoms. The summed E-state index contributed by atoms with van der Waals surface area (Å²) in [6.45, 7) is 19.4. The number of rotatable bonds is 2. The van der Waals surface area contributed by atoms with Crippen molar-refractivity contribution in [2.24, 2.45) is 5.92 Å². The minimum absolute atomic E-state index is 0.181. The summed E-state index contributed by atoms with van der Waals surface area (Å²) in [5.41, 5.74) is 1.43. The molecule has 0 bridgehead atoms. The van der Waals surface area contributed by atoms with Crippen LogP contribution in [0.25, 0.3) is 0 Å². The fourth-order valence-corrected chi connectivity index (χ4v) is 3.88. The van der Waals surface area contributed by atoms with Gasteiger partial charge in [-0.05, 0) is 33.2 Å². The van der Waals surface area contributed by atoms with E-state index in [2.05, 4.69) is 51.9 Å². The molecule has 0 saturated carbocycles. The molecule has 0 N–H and O–H groups in total. The summed E-state index contributed by atoms with van der Waals surface area (Å²) < 4.78 is 0. The lowest BCUT2D eigenvalue weighted by Gasteiger charge is -2.21. The largest absolute Gasteiger partial charge is 0.301 e. The van der Waals surface area contributed by atoms with Crippen molar-refractivity contribution in [2.45, 2.75) is 92.7 Å². The van der Waals surface area contributed by atoms with Crippen molar-refractivity contribution in [1.29, 1.82) is 0 Å². The lowest BCUT2D eigenvalue weighted by Crippen LogP contribution is -2.30. The molecule has 0 aromatic carbocycles. The Bertz CT molecular complexity index is 406. The highest BCUT2D eigenvalue weighted by atomic mass is 32.1. The Morgan fingerprint density at radius 2 is 1.73 bits per heavy atom. The van der Waals surface area contributed by atoms with Crippen LogP contribution in [0.1, 0.15) is 79.4 Å². The van der Waals surface area contributed by atoms with E-state index >= 15 is 0 Å². The smallest absolute Gasteiger partial charge is 0.0931 e. The van der Waals surface area contributed by atoms with Gasteiger partial charge < -0.3 is 4.90 Å². The second-order valence-electron chi connectivity index (χ2n) is 6.83. The molecule has 0 radical (unpaired) electrons. The van der Waals surface area contributed by atoms with Crippen molar-refractivity contribution in [3.63, 3.8) is 0 Å². The van der Waals surface area contributed by atoms with E-state index in [1.807, 2.05) is 39.0 Å². The first-order valence-electron chi connectivity index (χ1n) is 8.96. The molecular formula is C19H38N2S. The molecule has 0 aliphatic carbocycles. The van der Waals surface area contributed by atoms with Crippen molar-refractivity contribution in [1.82, 2.24) is 9.88 Å². The normalized spacial score (nSPS) is 25.1. The van der Waals surface area contributed by atoms with E-state index in [0.29, 0.717) is 12.1 Å². The monoisotopic (exact) mass is 326 g/mol. The molecule has 2 unspecified atom stereocenters. The Morgan fingerprint density at radius 3 is 2.09 bits per heavy atom. The topological polar surface area (TPSA) is 16.1 Å². The van der Waals surface area contributed by atoms with E-state index in [1.165, 1.54) is 17.1 Å². The molecule has 1 aliphatic rings. The van der Waals surface area contributed by atoms with Crippen molar-refractivity contribution in [2.75, 3.05) is 7.05 Å². The van der Waals surface area contributed by atoms with Gasteiger partial charge in [-0.2, -0.15) is 0 Å². The predicted octanol–water partition coefficient (Wildman–Crippen LogP) is 5.76. The van der Waals surface area contributed by atoms with Crippen molar-refractivity contribution in [3.8, 4) is 0 Å². The number of aromatic nitrogens is 1. The van der Waals surface area contributed by atoms with Crippen molar-refractivity contribution in [3.05, 3.63) is 16.1 Å². The Hall–Kier alpha value is -0.410. The lowest BCUT2D eigenvalue weighted by atomic mass is 9.93. The first-order valence-corrected chi connectivity index (χ1v) is 9.84. The van der Waals surface area contributed by atoms with Crippen molar-refractivity contribution < 1.29 is 0 Å². The SMILES string of the molecule is CC.CC.CC1CC(Cc2nc(C(C)(C)C)cs2)[C@@H](C)N1C. The molecule has 1 saturated heterocycles. The van der Waals surface area contributed by atoms with Gasteiger partial charge in [0.15, 0.2) is 0 Å². The zero-order valence-corrected chi connectivity index (χ0v) is 17.3. The Balaban J connectivity index is 0.00000102. The van der Waals surface area contributed by atoms with Crippen LogP contribution in [0.4, 0.5) is 0 Å². The molecule has 2 heterocycles. The number of hydrogen-bond acceptors (Lipinski definition) is 3. The number of nitrogens with zero attached hydrogens (tertiary/aromatic N) is 2. The molecule has 0 spiro atoms. The lowest BCUT2D eigenvalue weighted by molar-refractivity contribution is 0.249. The third kappa shape index (κ3) is 5.66. The molecule has 130 valence electrons. The van der Waals surface area contributed by atoms with Gasteiger partial charge in [-0.15, -0.1) is 11.3 Å². The van der Waals surface area contributed by atoms with Gasteiger partial charge in [0, 0.05) is 29.3 Å². The molecule has 2 rings (SSSR count). The average molecular weight is 327 g/mol. The molecule has 3 heteroatoms. The van der Waals surface area contributed by atoms with E-state index in [0.717, 1.165) is 12.3 Å². The maximum Gasteiger partial charge on any atom is 0.0931 e. The highest BCUT2D eigenvalue weighted by Crippen LogP contribution is 2.32. The number of likely N-dealkylation sites (tertiary alicyclic amines) is 1. The van der Waals surface area contributed by atoms with Crippen LogP contribution < -0.4 is 0 Å². The summed E-state index contributed by atoms with van der Waals surface area (Å²) in [6, 6.07) is 1.40. The zero-order valence-electron chi connectivity index (χ0n) is 16.5. The molecule has 1 aliphatic heterocycles. The fraction of sp³-hybridized carbons (Fsp3) is 0.842. The van der Waals surface area contributed by atoms with Gasteiger partial charge in [-0.3, -0.25) is 0 Å². The van der Waals surface area contributed by atoms with Gasteiger partial charge in [0.2, 0.25) is 0 Å². The first-order chi connectivity index (χ1) is 10.3. The van der Waals surface area contributed by atoms with E-state index in [-0.39, 0.29) is 5.41 Å². The van der Waals surface area contributed by atoms with Crippen LogP contribution in [0.2, 0.25) is 0 Å². The fourth-order valence-electron chi connectivity index (χ4n) is 2.76. The quantitative estimate of drug-likeness (QED) is 0.686. The molecule has 1 aromatic heterocycles. The van der Waals surface area contributed by atoms with Gasteiger partial charge in [0.25, 0.3) is 0 Å². The first kappa shape index (κ1) is 21.6. The van der Waals surface area contributed by atoms with Crippen LogP contribution >= 0.6 is 11.3 Å². The van der Waals surface area contributed by atoms with Crippen LogP contribution in [0.5, 0.6) is 0 Å². The second kappa shape index (κ2) is 9.67. The number of thiazole rings is 1. The molecule has 3 atom stereocenters. The summed E-state index contributed by atoms with van der Waals surface area (Å²) >= 11 is 1.84. The maximum absolute atomic E-state index is 4.83. The van der Waals surface area contributed by atoms with Crippen LogP contribution in [0, 0.1) is 5.92 Å². The average Bonchev–Trinajstić information content (AvgIpc) is 3.05. The van der Waals surface area contributed by atoms with E-state index < -0.39 is 0 Å². The third-order valence-electron chi connectivity index (χ3n) is 4.42. The minimum atomic E-state index is 0.181. The highest BCUT2D eigenvalue weighted by Gasteiger charge is 2.34. The van der Waals surface area contributed by atoms with Crippen LogP contribution in [-0.4, -0.2) is 29.0 Å². The number of hydrogen-bond donors (Lipinski definition) is 0. The molecule has 1 aromatic rings. The molecule has 2 nitrogen and oxygen atoms in total. The van der Waals surface area contributed by atoms with Crippen molar-refractivity contribution >= 4 is 11.3 Å². The van der Waals surface area contributed by atoms with Gasteiger partial charge in [-0.1, -0.05) is 48.5 Å². The Labute approximate surface area is 143 Å². The second-order valence-corrected chi connectivity index (χ2v) is 7.77. The van der Waals surface area contributed by atoms with Gasteiger partial charge in [0.1, 0.15) is 0 Å². The van der Waals surface area contributed by atoms with Crippen LogP contribution in [0.3, 0.4) is 0 Å². The van der Waals surface area contributed by atoms with Gasteiger partial charge in [-0.25, -0.2) is 4.98 Å². The Morgan fingerprint density at radius 1 is 1.18 bits per heavy atom. The highest BCUT2D eigenvalue weighted by molar-refractivity contribution is 7.09. The summed E-state index contributed by atoms with van der Waals surface area (Å²) in [5, 5.41) is 3.56. The predicted molar refractivity (Wildman–Crippen MR) is 102 cm³/mol. The minimum Gasteiger partial charge on any atom is -0.301 e. The van der Waals surface area contributed by atoms with E-state index in [9.17, 15) is 0 Å². The molecule has 0 amide bonds. The third-order valence-corrected chi connectivity index (χ3v) is 5.29. The van der Waals surface area contributed by atoms with E-state index in [4.69, 9.17) is 4.98 Å². The molecule has 1 fully saturated rings. The summed E-state index contributed by atoms with van der Waals surface area (Å²) in [6.07, 6.45) is 2.46. The van der Waals surface area contributed by atoms with Gasteiger partial charge >= 0.3 is 0 Å². The standard InChI is InChI=1S/C15H26N2S.2C2H6/c1-10-7-12(11(2)17(10)6)8-14-16-13(9-18-14)15(3,4)5;2*1-2/h9-12H,7-8H2,1-6H3;2*1-2H3/t10?,11-,12?;;/m1../s1. The van der Waals surface area contributed by atoms with Gasteiger partial charge in [0.05, 0.1) is 10.7 Å². The summed E-state index contributed by atoms with van der Waals surface area (Å²) in [4.78, 5) is 7.33. The Kier molecular flexibility index (Phi) is 9.49.